The Morgan fingerprint density at radius 3 is 2.06 bits per heavy atom. The van der Waals surface area contributed by atoms with Crippen LogP contribution in [0, 0.1) is 0 Å². The molecule has 0 aromatic carbocycles. The van der Waals surface area contributed by atoms with Crippen LogP contribution in [0.2, 0.25) is 0 Å². The number of amides is 4. The number of urea groups is 1. The summed E-state index contributed by atoms with van der Waals surface area (Å²) in [5, 5.41) is 20.7. The second kappa shape index (κ2) is 15.0. The number of aliphatic carboxylic acids is 1. The fourth-order valence-corrected chi connectivity index (χ4v) is 5.62. The van der Waals surface area contributed by atoms with Crippen LogP contribution < -0.4 is 21.3 Å². The van der Waals surface area contributed by atoms with E-state index in [0.717, 1.165) is 57.1 Å². The number of carbonyl (C=O) groups excluding carboxylic acids is 3. The fourth-order valence-electron chi connectivity index (χ4n) is 4.07. The van der Waals surface area contributed by atoms with Crippen LogP contribution in [0.3, 0.4) is 0 Å². The molecule has 0 aromatic heterocycles. The van der Waals surface area contributed by atoms with Crippen molar-refractivity contribution in [2.45, 2.75) is 94.4 Å². The zero-order valence-corrected chi connectivity index (χ0v) is 19.6. The van der Waals surface area contributed by atoms with Crippen molar-refractivity contribution in [3.8, 4) is 0 Å². The highest BCUT2D eigenvalue weighted by atomic mass is 32.2. The summed E-state index contributed by atoms with van der Waals surface area (Å²) in [6.45, 7) is 1.24. The topological polar surface area (TPSA) is 137 Å². The number of hydrogen-bond acceptors (Lipinski definition) is 5. The van der Waals surface area contributed by atoms with E-state index in [4.69, 9.17) is 5.11 Å². The van der Waals surface area contributed by atoms with Crippen LogP contribution in [-0.4, -0.2) is 65.1 Å². The Balaban J connectivity index is 1.35. The summed E-state index contributed by atoms with van der Waals surface area (Å²) in [6, 6.07) is 0.421. The largest absolute Gasteiger partial charge is 0.481 e. The van der Waals surface area contributed by atoms with Gasteiger partial charge in [-0.25, -0.2) is 4.79 Å². The van der Waals surface area contributed by atoms with Crippen molar-refractivity contribution in [2.75, 3.05) is 18.8 Å². The summed E-state index contributed by atoms with van der Waals surface area (Å²) in [7, 11) is 0. The molecule has 0 unspecified atom stereocenters. The first-order valence-corrected chi connectivity index (χ1v) is 12.9. The highest BCUT2D eigenvalue weighted by Crippen LogP contribution is 2.33. The lowest BCUT2D eigenvalue weighted by Crippen LogP contribution is -2.36. The zero-order valence-electron chi connectivity index (χ0n) is 18.8. The number of nitrogens with one attached hydrogen (secondary N) is 4. The molecule has 0 radical (unpaired) electrons. The van der Waals surface area contributed by atoms with Gasteiger partial charge >= 0.3 is 12.0 Å². The van der Waals surface area contributed by atoms with Crippen LogP contribution in [0.5, 0.6) is 0 Å². The smallest absolute Gasteiger partial charge is 0.315 e. The van der Waals surface area contributed by atoms with E-state index < -0.39 is 5.97 Å². The molecular weight excluding hydrogens is 432 g/mol. The summed E-state index contributed by atoms with van der Waals surface area (Å²) < 4.78 is 0. The Kier molecular flexibility index (Phi) is 12.3. The molecule has 4 amide bonds. The predicted molar refractivity (Wildman–Crippen MR) is 125 cm³/mol. The van der Waals surface area contributed by atoms with Gasteiger partial charge in [0, 0.05) is 43.4 Å². The molecule has 9 nitrogen and oxygen atoms in total. The molecule has 0 spiro atoms. The third kappa shape index (κ3) is 10.6. The zero-order chi connectivity index (χ0) is 23.2. The number of carboxylic acids is 1. The average Bonchev–Trinajstić information content (AvgIpc) is 3.29. The predicted octanol–water partition coefficient (Wildman–Crippen LogP) is 2.15. The van der Waals surface area contributed by atoms with Gasteiger partial charge in [0.2, 0.25) is 11.8 Å². The molecular formula is C22H38N4O5S. The van der Waals surface area contributed by atoms with Crippen LogP contribution in [0.25, 0.3) is 0 Å². The number of fused-ring (bicyclic) bond motifs is 1. The van der Waals surface area contributed by atoms with E-state index in [1.54, 1.807) is 0 Å². The van der Waals surface area contributed by atoms with Crippen LogP contribution in [0.4, 0.5) is 4.79 Å². The Bertz CT molecular complexity index is 633. The highest BCUT2D eigenvalue weighted by Gasteiger charge is 2.42. The lowest BCUT2D eigenvalue weighted by Gasteiger charge is -2.16. The number of carboxylic acid groups (broad SMARTS) is 1. The van der Waals surface area contributed by atoms with Crippen molar-refractivity contribution < 1.29 is 24.3 Å². The number of unbranched alkanes of at least 4 members (excludes halogenated alkanes) is 5. The lowest BCUT2D eigenvalue weighted by atomic mass is 10.0. The molecule has 0 aromatic rings. The highest BCUT2D eigenvalue weighted by molar-refractivity contribution is 8.00. The lowest BCUT2D eigenvalue weighted by molar-refractivity contribution is -0.137. The van der Waals surface area contributed by atoms with Crippen molar-refractivity contribution in [1.82, 2.24) is 21.3 Å². The summed E-state index contributed by atoms with van der Waals surface area (Å²) in [5.74, 6) is 0.302. The Morgan fingerprint density at radius 2 is 1.44 bits per heavy atom. The summed E-state index contributed by atoms with van der Waals surface area (Å²) >= 11 is 1.90. The molecule has 0 bridgehead atoms. The fraction of sp³-hybridized carbons (Fsp3) is 0.818. The molecule has 32 heavy (non-hydrogen) atoms. The first-order chi connectivity index (χ1) is 15.5. The summed E-state index contributed by atoms with van der Waals surface area (Å²) in [4.78, 5) is 45.5. The molecule has 5 N–H and O–H groups in total. The number of thioether (sulfide) groups is 1. The Morgan fingerprint density at radius 1 is 0.844 bits per heavy atom. The van der Waals surface area contributed by atoms with Crippen LogP contribution >= 0.6 is 11.8 Å². The standard InChI is InChI=1S/C22H38N4O5S/c27-18(23-14-8-2-4-12-20(29)30)10-3-1-7-13-24-19(28)11-6-5-9-17-21-16(15-32-17)25-22(31)26-21/h16-17,21H,1-15H2,(H,23,27)(H,24,28)(H,29,30)(H2,25,26,31)/t16-,17-,21+/m0/s1. The third-order valence-electron chi connectivity index (χ3n) is 5.87. The summed E-state index contributed by atoms with van der Waals surface area (Å²) in [6.07, 6.45) is 8.89. The van der Waals surface area contributed by atoms with Gasteiger partial charge in [-0.2, -0.15) is 11.8 Å². The minimum atomic E-state index is -0.777. The quantitative estimate of drug-likeness (QED) is 0.163. The molecule has 3 atom stereocenters. The van der Waals surface area contributed by atoms with Crippen molar-refractivity contribution in [2.24, 2.45) is 0 Å². The third-order valence-corrected chi connectivity index (χ3v) is 7.38. The molecule has 0 saturated carbocycles. The number of rotatable bonds is 17. The van der Waals surface area contributed by atoms with Crippen molar-refractivity contribution in [1.29, 1.82) is 0 Å². The van der Waals surface area contributed by atoms with Gasteiger partial charge in [0.05, 0.1) is 12.1 Å². The van der Waals surface area contributed by atoms with Crippen molar-refractivity contribution in [3.63, 3.8) is 0 Å². The van der Waals surface area contributed by atoms with E-state index in [9.17, 15) is 19.2 Å². The minimum absolute atomic E-state index is 0.0342. The van der Waals surface area contributed by atoms with E-state index in [0.29, 0.717) is 37.6 Å². The second-order valence-electron chi connectivity index (χ2n) is 8.58. The molecule has 0 aliphatic carbocycles. The van der Waals surface area contributed by atoms with E-state index in [1.165, 1.54) is 0 Å². The van der Waals surface area contributed by atoms with Gasteiger partial charge < -0.3 is 26.4 Å². The van der Waals surface area contributed by atoms with Gasteiger partial charge in [-0.15, -0.1) is 0 Å². The monoisotopic (exact) mass is 470 g/mol. The van der Waals surface area contributed by atoms with Gasteiger partial charge in [0.1, 0.15) is 0 Å². The molecule has 2 saturated heterocycles. The van der Waals surface area contributed by atoms with Gasteiger partial charge in [0.25, 0.3) is 0 Å². The molecule has 2 aliphatic rings. The molecule has 182 valence electrons. The van der Waals surface area contributed by atoms with Crippen molar-refractivity contribution in [3.05, 3.63) is 0 Å². The first kappa shape index (κ1) is 26.3. The number of carbonyl (C=O) groups is 4. The molecule has 2 heterocycles. The molecule has 2 aliphatic heterocycles. The molecule has 2 rings (SSSR count). The van der Waals surface area contributed by atoms with Gasteiger partial charge in [-0.1, -0.05) is 19.3 Å². The normalized spacial score (nSPS) is 21.5. The van der Waals surface area contributed by atoms with E-state index in [-0.39, 0.29) is 36.3 Å². The van der Waals surface area contributed by atoms with Crippen LogP contribution in [-0.2, 0) is 14.4 Å². The van der Waals surface area contributed by atoms with Crippen molar-refractivity contribution >= 4 is 35.6 Å². The average molecular weight is 471 g/mol. The maximum Gasteiger partial charge on any atom is 0.315 e. The Hall–Kier alpha value is -1.97. The Labute approximate surface area is 194 Å². The van der Waals surface area contributed by atoms with E-state index in [1.807, 2.05) is 11.8 Å². The minimum Gasteiger partial charge on any atom is -0.481 e. The number of hydrogen-bond donors (Lipinski definition) is 5. The molecule has 10 heteroatoms. The van der Waals surface area contributed by atoms with Gasteiger partial charge in [-0.3, -0.25) is 14.4 Å². The first-order valence-electron chi connectivity index (χ1n) is 11.9. The molecule has 2 fully saturated rings. The second-order valence-corrected chi connectivity index (χ2v) is 9.85. The van der Waals surface area contributed by atoms with E-state index in [2.05, 4.69) is 21.3 Å². The van der Waals surface area contributed by atoms with Crippen LogP contribution in [0.15, 0.2) is 0 Å². The maximum absolute atomic E-state index is 12.0. The van der Waals surface area contributed by atoms with Gasteiger partial charge in [-0.05, 0) is 38.5 Å². The van der Waals surface area contributed by atoms with Crippen LogP contribution in [0.1, 0.15) is 77.0 Å². The van der Waals surface area contributed by atoms with Gasteiger partial charge in [0.15, 0.2) is 0 Å². The summed E-state index contributed by atoms with van der Waals surface area (Å²) in [5.41, 5.74) is 0. The van der Waals surface area contributed by atoms with E-state index >= 15 is 0 Å². The maximum atomic E-state index is 12.0. The SMILES string of the molecule is O=C(O)CCCCCNC(=O)CCCCCNC(=O)CCCC[C@@H]1SC[C@@H]2NC(=O)N[C@H]21.